The Morgan fingerprint density at radius 1 is 1.39 bits per heavy atom. The number of nitrogens with zero attached hydrogens (tertiary/aromatic N) is 2. The highest BCUT2D eigenvalue weighted by atomic mass is 35.5. The summed E-state index contributed by atoms with van der Waals surface area (Å²) in [5, 5.41) is 4.56. The van der Waals surface area contributed by atoms with Gasteiger partial charge in [0.1, 0.15) is 5.69 Å². The number of hydrogen-bond acceptors (Lipinski definition) is 2. The van der Waals surface area contributed by atoms with Gasteiger partial charge in [-0.25, -0.2) is 0 Å². The van der Waals surface area contributed by atoms with E-state index in [1.54, 1.807) is 4.68 Å². The molecular weight excluding hydrogens is 248 g/mol. The number of benzene rings is 1. The van der Waals surface area contributed by atoms with Crippen molar-refractivity contribution in [2.45, 2.75) is 26.8 Å². The second kappa shape index (κ2) is 5.36. The number of rotatable bonds is 4. The Labute approximate surface area is 111 Å². The normalized spacial score (nSPS) is 10.6. The van der Waals surface area contributed by atoms with Gasteiger partial charge in [0, 0.05) is 12.1 Å². The molecule has 0 aliphatic carbocycles. The molecular formula is C14H15ClN2O. The third-order valence-electron chi connectivity index (χ3n) is 2.83. The van der Waals surface area contributed by atoms with Gasteiger partial charge in [0.15, 0.2) is 0 Å². The minimum atomic E-state index is -0.0657. The van der Waals surface area contributed by atoms with E-state index in [0.717, 1.165) is 12.0 Å². The van der Waals surface area contributed by atoms with Gasteiger partial charge in [0.05, 0.1) is 11.2 Å². The summed E-state index contributed by atoms with van der Waals surface area (Å²) in [6.45, 7) is 4.65. The zero-order chi connectivity index (χ0) is 13.1. The van der Waals surface area contributed by atoms with E-state index in [2.05, 4.69) is 5.10 Å². The third-order valence-corrected chi connectivity index (χ3v) is 3.11. The summed E-state index contributed by atoms with van der Waals surface area (Å²) in [4.78, 5) is 12.5. The molecule has 18 heavy (non-hydrogen) atoms. The molecule has 1 heterocycles. The molecule has 1 aromatic heterocycles. The first kappa shape index (κ1) is 12.8. The number of carbonyl (C=O) groups is 1. The molecule has 0 saturated heterocycles. The molecule has 0 amide bonds. The molecule has 94 valence electrons. The van der Waals surface area contributed by atoms with Crippen LogP contribution in [0.3, 0.4) is 0 Å². The zero-order valence-electron chi connectivity index (χ0n) is 10.5. The average Bonchev–Trinajstić information content (AvgIpc) is 2.71. The van der Waals surface area contributed by atoms with E-state index in [9.17, 15) is 4.79 Å². The predicted molar refractivity (Wildman–Crippen MR) is 72.1 cm³/mol. The zero-order valence-corrected chi connectivity index (χ0v) is 11.2. The Bertz CT molecular complexity index is 575. The van der Waals surface area contributed by atoms with Crippen LogP contribution in [0.5, 0.6) is 0 Å². The molecule has 0 atom stereocenters. The van der Waals surface area contributed by atoms with Gasteiger partial charge in [-0.05, 0) is 18.9 Å². The molecule has 0 radical (unpaired) electrons. The molecule has 0 spiro atoms. The second-order valence-corrected chi connectivity index (χ2v) is 4.62. The van der Waals surface area contributed by atoms with Gasteiger partial charge in [-0.15, -0.1) is 0 Å². The van der Waals surface area contributed by atoms with E-state index < -0.39 is 0 Å². The van der Waals surface area contributed by atoms with Crippen molar-refractivity contribution >= 4 is 17.4 Å². The van der Waals surface area contributed by atoms with Crippen LogP contribution in [0.1, 0.15) is 35.0 Å². The van der Waals surface area contributed by atoms with Crippen LogP contribution in [0.15, 0.2) is 30.5 Å². The summed E-state index contributed by atoms with van der Waals surface area (Å²) >= 11 is 6.07. The van der Waals surface area contributed by atoms with Crippen molar-refractivity contribution in [2.24, 2.45) is 0 Å². The van der Waals surface area contributed by atoms with E-state index in [4.69, 9.17) is 11.6 Å². The third kappa shape index (κ3) is 2.31. The van der Waals surface area contributed by atoms with Crippen LogP contribution in [-0.4, -0.2) is 15.6 Å². The second-order valence-electron chi connectivity index (χ2n) is 4.21. The summed E-state index contributed by atoms with van der Waals surface area (Å²) < 4.78 is 1.68. The highest BCUT2D eigenvalue weighted by Crippen LogP contribution is 2.21. The topological polar surface area (TPSA) is 34.9 Å². The predicted octanol–water partition coefficient (Wildman–Crippen LogP) is 3.49. The summed E-state index contributed by atoms with van der Waals surface area (Å²) in [5.41, 5.74) is 2.10. The van der Waals surface area contributed by atoms with Crippen molar-refractivity contribution in [1.82, 2.24) is 9.78 Å². The number of aromatic nitrogens is 2. The number of ketones is 1. The van der Waals surface area contributed by atoms with Crippen LogP contribution in [0, 0.1) is 6.92 Å². The maximum absolute atomic E-state index is 12.5. The van der Waals surface area contributed by atoms with E-state index in [-0.39, 0.29) is 5.78 Å². The minimum Gasteiger partial charge on any atom is -0.287 e. The van der Waals surface area contributed by atoms with Gasteiger partial charge in [0.2, 0.25) is 5.78 Å². The summed E-state index contributed by atoms with van der Waals surface area (Å²) in [6, 6.07) is 7.50. The number of halogens is 1. The molecule has 0 unspecified atom stereocenters. The molecule has 1 aromatic carbocycles. The van der Waals surface area contributed by atoms with Crippen LogP contribution in [-0.2, 0) is 6.54 Å². The lowest BCUT2D eigenvalue weighted by Gasteiger charge is -2.08. The molecule has 0 saturated carbocycles. The van der Waals surface area contributed by atoms with Crippen LogP contribution in [0.4, 0.5) is 0 Å². The van der Waals surface area contributed by atoms with Crippen molar-refractivity contribution in [3.63, 3.8) is 0 Å². The van der Waals surface area contributed by atoms with Crippen LogP contribution < -0.4 is 0 Å². The fraction of sp³-hybridized carbons (Fsp3) is 0.286. The van der Waals surface area contributed by atoms with Gasteiger partial charge in [-0.2, -0.15) is 5.10 Å². The standard InChI is InChI=1S/C14H15ClN2O/c1-3-8-17-13(12(15)9-16-17)14(18)11-7-5-4-6-10(11)2/h4-7,9H,3,8H2,1-2H3. The summed E-state index contributed by atoms with van der Waals surface area (Å²) in [7, 11) is 0. The van der Waals surface area contributed by atoms with E-state index in [1.165, 1.54) is 6.20 Å². The molecule has 0 N–H and O–H groups in total. The first-order valence-electron chi connectivity index (χ1n) is 5.96. The first-order valence-corrected chi connectivity index (χ1v) is 6.34. The maximum atomic E-state index is 12.5. The molecule has 2 rings (SSSR count). The van der Waals surface area contributed by atoms with E-state index in [1.807, 2.05) is 38.1 Å². The molecule has 2 aromatic rings. The first-order chi connectivity index (χ1) is 8.65. The van der Waals surface area contributed by atoms with Crippen molar-refractivity contribution in [1.29, 1.82) is 0 Å². The monoisotopic (exact) mass is 262 g/mol. The van der Waals surface area contributed by atoms with E-state index in [0.29, 0.717) is 22.8 Å². The van der Waals surface area contributed by atoms with Gasteiger partial charge in [0.25, 0.3) is 0 Å². The highest BCUT2D eigenvalue weighted by molar-refractivity contribution is 6.34. The van der Waals surface area contributed by atoms with Crippen LogP contribution >= 0.6 is 11.6 Å². The molecule has 0 aliphatic rings. The lowest BCUT2D eigenvalue weighted by atomic mass is 10.0. The maximum Gasteiger partial charge on any atom is 0.212 e. The van der Waals surface area contributed by atoms with Crippen molar-refractivity contribution < 1.29 is 4.79 Å². The van der Waals surface area contributed by atoms with Crippen LogP contribution in [0.25, 0.3) is 0 Å². The van der Waals surface area contributed by atoms with Crippen molar-refractivity contribution in [3.8, 4) is 0 Å². The Hall–Kier alpha value is -1.61. The average molecular weight is 263 g/mol. The van der Waals surface area contributed by atoms with Crippen molar-refractivity contribution in [3.05, 3.63) is 52.3 Å². The Kier molecular flexibility index (Phi) is 3.82. The van der Waals surface area contributed by atoms with Gasteiger partial charge < -0.3 is 0 Å². The Balaban J connectivity index is 2.46. The lowest BCUT2D eigenvalue weighted by molar-refractivity contribution is 0.102. The number of aryl methyl sites for hydroxylation is 2. The van der Waals surface area contributed by atoms with Gasteiger partial charge >= 0.3 is 0 Å². The smallest absolute Gasteiger partial charge is 0.212 e. The summed E-state index contributed by atoms with van der Waals surface area (Å²) in [5.74, 6) is -0.0657. The molecule has 0 fully saturated rings. The largest absolute Gasteiger partial charge is 0.287 e. The highest BCUT2D eigenvalue weighted by Gasteiger charge is 2.19. The van der Waals surface area contributed by atoms with Gasteiger partial charge in [-0.1, -0.05) is 42.8 Å². The molecule has 4 heteroatoms. The fourth-order valence-electron chi connectivity index (χ4n) is 1.92. The quantitative estimate of drug-likeness (QED) is 0.791. The fourth-order valence-corrected chi connectivity index (χ4v) is 2.15. The van der Waals surface area contributed by atoms with Crippen molar-refractivity contribution in [2.75, 3.05) is 0 Å². The number of hydrogen-bond donors (Lipinski definition) is 0. The molecule has 0 bridgehead atoms. The summed E-state index contributed by atoms with van der Waals surface area (Å²) in [6.07, 6.45) is 2.44. The Morgan fingerprint density at radius 2 is 2.11 bits per heavy atom. The lowest BCUT2D eigenvalue weighted by Crippen LogP contribution is -2.13. The van der Waals surface area contributed by atoms with Gasteiger partial charge in [-0.3, -0.25) is 9.48 Å². The SMILES string of the molecule is CCCn1ncc(Cl)c1C(=O)c1ccccc1C. The van der Waals surface area contributed by atoms with Crippen LogP contribution in [0.2, 0.25) is 5.02 Å². The molecule has 0 aliphatic heterocycles. The molecule has 3 nitrogen and oxygen atoms in total. The Morgan fingerprint density at radius 3 is 2.78 bits per heavy atom. The number of carbonyl (C=O) groups excluding carboxylic acids is 1. The van der Waals surface area contributed by atoms with E-state index >= 15 is 0 Å². The minimum absolute atomic E-state index is 0.0657.